The predicted octanol–water partition coefficient (Wildman–Crippen LogP) is 7.19. The highest BCUT2D eigenvalue weighted by molar-refractivity contribution is 7.04. The Morgan fingerprint density at radius 3 is 1.41 bits per heavy atom. The van der Waals surface area contributed by atoms with Crippen LogP contribution in [0.2, 0.25) is 11.1 Å². The van der Waals surface area contributed by atoms with E-state index in [2.05, 4.69) is 74.5 Å². The Balaban J connectivity index is 1.80. The molecule has 156 valence electrons. The van der Waals surface area contributed by atoms with E-state index in [9.17, 15) is 0 Å². The Hall–Kier alpha value is -1.34. The zero-order valence-electron chi connectivity index (χ0n) is 18.7. The maximum Gasteiger partial charge on any atom is 0.124 e. The molecule has 0 radical (unpaired) electrons. The average molecular weight is 405 g/mol. The van der Waals surface area contributed by atoms with Gasteiger partial charge in [-0.15, -0.1) is 0 Å². The number of hydrogen-bond donors (Lipinski definition) is 0. The van der Waals surface area contributed by atoms with Crippen LogP contribution in [0.1, 0.15) is 78.1 Å². The fourth-order valence-electron chi connectivity index (χ4n) is 7.19. The lowest BCUT2D eigenvalue weighted by Crippen LogP contribution is -2.64. The van der Waals surface area contributed by atoms with Crippen LogP contribution in [-0.2, 0) is 0 Å². The van der Waals surface area contributed by atoms with E-state index in [1.165, 1.54) is 64.2 Å². The molecule has 0 saturated heterocycles. The molecule has 29 heavy (non-hydrogen) atoms. The molecule has 0 N–H and O–H groups in total. The normalized spacial score (nSPS) is 27.4. The minimum Gasteiger partial charge on any atom is -0.0654 e. The van der Waals surface area contributed by atoms with Gasteiger partial charge in [0.15, 0.2) is 0 Å². The molecule has 1 heteroatoms. The van der Waals surface area contributed by atoms with Crippen LogP contribution in [0.25, 0.3) is 0 Å². The van der Waals surface area contributed by atoms with E-state index in [-0.39, 0.29) is 0 Å². The lowest BCUT2D eigenvalue weighted by molar-refractivity contribution is 0.492. The van der Waals surface area contributed by atoms with E-state index in [4.69, 9.17) is 0 Å². The zero-order chi connectivity index (χ0) is 20.1. The van der Waals surface area contributed by atoms with E-state index in [0.29, 0.717) is 0 Å². The molecule has 2 aliphatic rings. The van der Waals surface area contributed by atoms with Crippen molar-refractivity contribution in [1.82, 2.24) is 0 Å². The Kier molecular flexibility index (Phi) is 6.95. The van der Waals surface area contributed by atoms with Crippen molar-refractivity contribution in [3.8, 4) is 0 Å². The third-order valence-electron chi connectivity index (χ3n) is 8.27. The molecule has 0 aromatic heterocycles. The Morgan fingerprint density at radius 1 is 0.621 bits per heavy atom. The van der Waals surface area contributed by atoms with Gasteiger partial charge in [-0.1, -0.05) is 136 Å². The van der Waals surface area contributed by atoms with Gasteiger partial charge < -0.3 is 0 Å². The molecule has 0 heterocycles. The lowest BCUT2D eigenvalue weighted by Gasteiger charge is -2.44. The molecule has 2 fully saturated rings. The van der Waals surface area contributed by atoms with Crippen LogP contribution in [0.3, 0.4) is 0 Å². The summed E-state index contributed by atoms with van der Waals surface area (Å²) in [5, 5.41) is 3.46. The number of hydrogen-bond acceptors (Lipinski definition) is 0. The molecule has 0 nitrogen and oxygen atoms in total. The predicted molar refractivity (Wildman–Crippen MR) is 130 cm³/mol. The van der Waals surface area contributed by atoms with Crippen LogP contribution in [0.15, 0.2) is 60.7 Å². The SMILES string of the molecule is CCCC1CCC([Si](c2ccccc2)(c2ccccc2)C2CCC(CCC)C2)C1. The van der Waals surface area contributed by atoms with E-state index < -0.39 is 8.07 Å². The molecule has 2 aromatic carbocycles. The first kappa shape index (κ1) is 20.9. The Bertz CT molecular complexity index is 672. The highest BCUT2D eigenvalue weighted by atomic mass is 28.3. The smallest absolute Gasteiger partial charge is 0.0654 e. The van der Waals surface area contributed by atoms with Gasteiger partial charge in [0.1, 0.15) is 8.07 Å². The minimum absolute atomic E-state index is 0.925. The van der Waals surface area contributed by atoms with Crippen molar-refractivity contribution in [2.24, 2.45) is 11.8 Å². The summed E-state index contributed by atoms with van der Waals surface area (Å²) in [7, 11) is -1.82. The van der Waals surface area contributed by atoms with Crippen LogP contribution in [0, 0.1) is 11.8 Å². The van der Waals surface area contributed by atoms with E-state index >= 15 is 0 Å². The number of benzene rings is 2. The lowest BCUT2D eigenvalue weighted by atomic mass is 10.0. The van der Waals surface area contributed by atoms with Gasteiger partial charge in [-0.05, 0) is 35.8 Å². The highest BCUT2D eigenvalue weighted by Gasteiger charge is 2.53. The van der Waals surface area contributed by atoms with Gasteiger partial charge in [0, 0.05) is 0 Å². The Labute approximate surface area is 180 Å². The summed E-state index contributed by atoms with van der Waals surface area (Å²) >= 11 is 0. The van der Waals surface area contributed by atoms with E-state index in [0.717, 1.165) is 22.9 Å². The quantitative estimate of drug-likeness (QED) is 0.408. The molecule has 4 rings (SSSR count). The summed E-state index contributed by atoms with van der Waals surface area (Å²) in [5.74, 6) is 1.94. The first-order valence-corrected chi connectivity index (χ1v) is 14.6. The van der Waals surface area contributed by atoms with Gasteiger partial charge in [-0.2, -0.15) is 0 Å². The van der Waals surface area contributed by atoms with Crippen LogP contribution in [-0.4, -0.2) is 8.07 Å². The van der Waals surface area contributed by atoms with Gasteiger partial charge in [-0.3, -0.25) is 0 Å². The summed E-state index contributed by atoms with van der Waals surface area (Å²) in [6, 6.07) is 23.8. The molecule has 4 atom stereocenters. The van der Waals surface area contributed by atoms with Crippen molar-refractivity contribution in [2.45, 2.75) is 89.1 Å². The third kappa shape index (κ3) is 4.13. The minimum atomic E-state index is -1.82. The van der Waals surface area contributed by atoms with Crippen LogP contribution in [0.4, 0.5) is 0 Å². The molecule has 4 unspecified atom stereocenters. The van der Waals surface area contributed by atoms with Gasteiger partial charge in [0.2, 0.25) is 0 Å². The van der Waals surface area contributed by atoms with Crippen LogP contribution >= 0.6 is 0 Å². The first-order valence-electron chi connectivity index (χ1n) is 12.4. The monoisotopic (exact) mass is 404 g/mol. The molecule has 2 aliphatic carbocycles. The summed E-state index contributed by atoms with van der Waals surface area (Å²) < 4.78 is 0. The van der Waals surface area contributed by atoms with Crippen molar-refractivity contribution in [1.29, 1.82) is 0 Å². The summed E-state index contributed by atoms with van der Waals surface area (Å²) in [6.45, 7) is 4.75. The van der Waals surface area contributed by atoms with Gasteiger partial charge in [0.25, 0.3) is 0 Å². The standard InChI is InChI=1S/C28H40Si/c1-3-11-23-17-19-27(21-23)29(25-13-7-5-8-14-25,26-15-9-6-10-16-26)28-20-18-24(22-28)12-4-2/h5-10,13-16,23-24,27-28H,3-4,11-12,17-22H2,1-2H3. The molecule has 2 saturated carbocycles. The van der Waals surface area contributed by atoms with Crippen LogP contribution in [0.5, 0.6) is 0 Å². The van der Waals surface area contributed by atoms with Crippen LogP contribution < -0.4 is 10.4 Å². The Morgan fingerprint density at radius 2 is 1.03 bits per heavy atom. The number of rotatable bonds is 8. The maximum absolute atomic E-state index is 2.51. The third-order valence-corrected chi connectivity index (χ3v) is 14.5. The van der Waals surface area contributed by atoms with Gasteiger partial charge >= 0.3 is 0 Å². The molecule has 0 bridgehead atoms. The summed E-state index contributed by atoms with van der Waals surface area (Å²) in [4.78, 5) is 0. The maximum atomic E-state index is 2.51. The second-order valence-electron chi connectivity index (χ2n) is 9.93. The largest absolute Gasteiger partial charge is 0.124 e. The zero-order valence-corrected chi connectivity index (χ0v) is 19.7. The fraction of sp³-hybridized carbons (Fsp3) is 0.571. The average Bonchev–Trinajstić information content (AvgIpc) is 3.42. The van der Waals surface area contributed by atoms with Crippen molar-refractivity contribution < 1.29 is 0 Å². The fourth-order valence-corrected chi connectivity index (χ4v) is 14.2. The van der Waals surface area contributed by atoms with Crippen molar-refractivity contribution in [3.05, 3.63) is 60.7 Å². The topological polar surface area (TPSA) is 0 Å². The van der Waals surface area contributed by atoms with Crippen molar-refractivity contribution in [2.75, 3.05) is 0 Å². The van der Waals surface area contributed by atoms with Gasteiger partial charge in [-0.25, -0.2) is 0 Å². The summed E-state index contributed by atoms with van der Waals surface area (Å²) in [6.07, 6.45) is 14.4. The van der Waals surface area contributed by atoms with E-state index in [1.807, 2.05) is 0 Å². The summed E-state index contributed by atoms with van der Waals surface area (Å²) in [5.41, 5.74) is 1.85. The molecular weight excluding hydrogens is 364 g/mol. The second kappa shape index (κ2) is 9.64. The van der Waals surface area contributed by atoms with Crippen molar-refractivity contribution >= 4 is 18.4 Å². The molecule has 0 amide bonds. The highest BCUT2D eigenvalue weighted by Crippen LogP contribution is 2.53. The van der Waals surface area contributed by atoms with Gasteiger partial charge in [0.05, 0.1) is 0 Å². The molecular formula is C28H40Si. The van der Waals surface area contributed by atoms with Crippen molar-refractivity contribution in [3.63, 3.8) is 0 Å². The second-order valence-corrected chi connectivity index (χ2v) is 14.5. The molecule has 0 spiro atoms. The molecule has 2 aromatic rings. The first-order chi connectivity index (χ1) is 14.3. The van der Waals surface area contributed by atoms with E-state index in [1.54, 1.807) is 10.4 Å². The molecule has 0 aliphatic heterocycles.